The predicted molar refractivity (Wildman–Crippen MR) is 141 cm³/mol. The largest absolute Gasteiger partial charge is 0.491 e. The molecule has 0 spiro atoms. The number of nitrogens with zero attached hydrogens (tertiary/aromatic N) is 2. The number of rotatable bonds is 6. The molecule has 9 heteroatoms. The molecule has 2 aromatic carbocycles. The molecule has 3 rings (SSSR count). The smallest absolute Gasteiger partial charge is 0.336 e. The number of amides is 2. The van der Waals surface area contributed by atoms with Crippen molar-refractivity contribution < 1.29 is 29.0 Å². The third-order valence-corrected chi connectivity index (χ3v) is 6.80. The summed E-state index contributed by atoms with van der Waals surface area (Å²) in [6.45, 7) is 7.51. The molecule has 2 aromatic rings. The molecule has 0 saturated carbocycles. The number of hydrogen-bond donors (Lipinski definition) is 2. The van der Waals surface area contributed by atoms with Gasteiger partial charge in [-0.25, -0.2) is 4.79 Å². The molecular weight excluding hydrogens is 474 g/mol. The topological polar surface area (TPSA) is 108 Å². The minimum absolute atomic E-state index is 0.0465. The molecule has 200 valence electrons. The highest BCUT2D eigenvalue weighted by Crippen LogP contribution is 2.27. The number of fused-ring (bicyclic) bond motifs is 1. The zero-order valence-corrected chi connectivity index (χ0v) is 22.2. The third kappa shape index (κ3) is 7.08. The molecule has 1 aliphatic rings. The minimum atomic E-state index is -0.965. The van der Waals surface area contributed by atoms with Gasteiger partial charge in [-0.15, -0.1) is 0 Å². The molecule has 0 radical (unpaired) electrons. The van der Waals surface area contributed by atoms with Gasteiger partial charge < -0.3 is 24.8 Å². The van der Waals surface area contributed by atoms with Crippen molar-refractivity contribution in [2.75, 3.05) is 39.2 Å². The van der Waals surface area contributed by atoms with Crippen molar-refractivity contribution in [1.82, 2.24) is 9.80 Å². The van der Waals surface area contributed by atoms with E-state index in [0.29, 0.717) is 48.6 Å². The van der Waals surface area contributed by atoms with Gasteiger partial charge in [-0.2, -0.15) is 0 Å². The number of carboxylic acid groups (broad SMARTS) is 1. The molecule has 0 aliphatic carbocycles. The number of aromatic carboxylic acids is 1. The van der Waals surface area contributed by atoms with Crippen LogP contribution in [0.15, 0.2) is 42.5 Å². The summed E-state index contributed by atoms with van der Waals surface area (Å²) in [5.74, 6) is -0.869. The average molecular weight is 512 g/mol. The number of likely N-dealkylation sites (N-methyl/N-ethyl adjacent to an activating group) is 1. The summed E-state index contributed by atoms with van der Waals surface area (Å²) in [4.78, 5) is 40.9. The lowest BCUT2D eigenvalue weighted by molar-refractivity contribution is -0.115. The number of carbonyl (C=O) groups is 3. The van der Waals surface area contributed by atoms with Crippen LogP contribution >= 0.6 is 0 Å². The molecule has 0 saturated heterocycles. The van der Waals surface area contributed by atoms with Gasteiger partial charge >= 0.3 is 5.97 Å². The lowest BCUT2D eigenvalue weighted by Crippen LogP contribution is -2.46. The van der Waals surface area contributed by atoms with Gasteiger partial charge in [0.15, 0.2) is 0 Å². The van der Waals surface area contributed by atoms with Gasteiger partial charge in [-0.3, -0.25) is 14.5 Å². The van der Waals surface area contributed by atoms with Gasteiger partial charge in [0.2, 0.25) is 5.91 Å². The molecule has 2 amide bonds. The van der Waals surface area contributed by atoms with E-state index in [4.69, 9.17) is 9.47 Å². The summed E-state index contributed by atoms with van der Waals surface area (Å²) in [7, 11) is 3.37. The van der Waals surface area contributed by atoms with E-state index in [1.54, 1.807) is 56.3 Å². The van der Waals surface area contributed by atoms with Crippen LogP contribution in [0.2, 0.25) is 0 Å². The van der Waals surface area contributed by atoms with E-state index < -0.39 is 5.97 Å². The summed E-state index contributed by atoms with van der Waals surface area (Å²) in [5, 5.41) is 12.5. The van der Waals surface area contributed by atoms with Crippen molar-refractivity contribution in [2.45, 2.75) is 45.9 Å². The Balaban J connectivity index is 1.98. The molecule has 0 bridgehead atoms. The highest BCUT2D eigenvalue weighted by molar-refractivity contribution is 5.98. The van der Waals surface area contributed by atoms with Gasteiger partial charge in [0.1, 0.15) is 12.4 Å². The second kappa shape index (κ2) is 12.7. The number of ether oxygens (including phenoxy) is 2. The second-order valence-electron chi connectivity index (χ2n) is 9.60. The Bertz CT molecular complexity index is 1120. The monoisotopic (exact) mass is 511 g/mol. The fourth-order valence-corrected chi connectivity index (χ4v) is 4.48. The van der Waals surface area contributed by atoms with Crippen molar-refractivity contribution in [2.24, 2.45) is 5.92 Å². The molecule has 1 aliphatic heterocycles. The fourth-order valence-electron chi connectivity index (χ4n) is 4.48. The Kier molecular flexibility index (Phi) is 9.66. The Morgan fingerprint density at radius 2 is 1.89 bits per heavy atom. The maximum Gasteiger partial charge on any atom is 0.336 e. The minimum Gasteiger partial charge on any atom is -0.491 e. The van der Waals surface area contributed by atoms with E-state index in [2.05, 4.69) is 17.1 Å². The highest BCUT2D eigenvalue weighted by atomic mass is 16.5. The average Bonchev–Trinajstić information content (AvgIpc) is 2.88. The van der Waals surface area contributed by atoms with Crippen LogP contribution in [0.3, 0.4) is 0 Å². The Morgan fingerprint density at radius 3 is 2.57 bits per heavy atom. The zero-order valence-electron chi connectivity index (χ0n) is 22.2. The Morgan fingerprint density at radius 1 is 1.16 bits per heavy atom. The normalized spacial score (nSPS) is 21.3. The van der Waals surface area contributed by atoms with E-state index in [-0.39, 0.29) is 42.0 Å². The molecule has 0 fully saturated rings. The molecule has 0 aromatic heterocycles. The van der Waals surface area contributed by atoms with Gasteiger partial charge in [0.25, 0.3) is 5.91 Å². The zero-order chi connectivity index (χ0) is 27.1. The fraction of sp³-hybridized carbons (Fsp3) is 0.464. The number of carbonyl (C=O) groups excluding carboxylic acids is 2. The van der Waals surface area contributed by atoms with Crippen molar-refractivity contribution >= 4 is 23.5 Å². The highest BCUT2D eigenvalue weighted by Gasteiger charge is 2.29. The number of carboxylic acids is 1. The van der Waals surface area contributed by atoms with Gasteiger partial charge in [-0.05, 0) is 36.6 Å². The number of anilines is 1. The first kappa shape index (κ1) is 28.1. The molecule has 0 unspecified atom stereocenters. The van der Waals surface area contributed by atoms with Crippen LogP contribution in [-0.4, -0.2) is 78.7 Å². The van der Waals surface area contributed by atoms with Gasteiger partial charge in [0, 0.05) is 58.0 Å². The molecule has 2 N–H and O–H groups in total. The summed E-state index contributed by atoms with van der Waals surface area (Å²) in [6.07, 6.45) is 0.102. The quantitative estimate of drug-likeness (QED) is 0.608. The van der Waals surface area contributed by atoms with Crippen LogP contribution in [0.5, 0.6) is 5.75 Å². The van der Waals surface area contributed by atoms with Crippen molar-refractivity contribution in [3.8, 4) is 5.75 Å². The maximum absolute atomic E-state index is 13.3. The predicted octanol–water partition coefficient (Wildman–Crippen LogP) is 3.74. The van der Waals surface area contributed by atoms with Crippen molar-refractivity contribution in [1.29, 1.82) is 0 Å². The summed E-state index contributed by atoms with van der Waals surface area (Å²) < 4.78 is 12.0. The van der Waals surface area contributed by atoms with E-state index in [0.717, 1.165) is 0 Å². The standard InChI is InChI=1S/C28H37N3O6/c1-6-26(32)29-21-11-12-23-24(13-21)37-17-19(3)31(15-20-9-7-8-10-22(20)28(34)35)14-18(2)25(36-5)16-30(4)27(23)33/h7-13,18-19,25H,6,14-17H2,1-5H3,(H,29,32)(H,34,35)/t18-,19-,25-/m0/s1. The molecule has 37 heavy (non-hydrogen) atoms. The van der Waals surface area contributed by atoms with Crippen molar-refractivity contribution in [3.05, 3.63) is 59.2 Å². The van der Waals surface area contributed by atoms with Crippen LogP contribution in [0, 0.1) is 5.92 Å². The number of nitrogens with one attached hydrogen (secondary N) is 1. The number of hydrogen-bond acceptors (Lipinski definition) is 6. The van der Waals surface area contributed by atoms with Gasteiger partial charge in [0.05, 0.1) is 17.2 Å². The van der Waals surface area contributed by atoms with E-state index in [1.807, 2.05) is 19.1 Å². The first-order valence-electron chi connectivity index (χ1n) is 12.5. The molecule has 9 nitrogen and oxygen atoms in total. The van der Waals surface area contributed by atoms with E-state index in [9.17, 15) is 19.5 Å². The Hall–Kier alpha value is -3.43. The summed E-state index contributed by atoms with van der Waals surface area (Å²) in [6, 6.07) is 11.9. The van der Waals surface area contributed by atoms with Crippen LogP contribution in [-0.2, 0) is 16.1 Å². The van der Waals surface area contributed by atoms with E-state index >= 15 is 0 Å². The summed E-state index contributed by atoms with van der Waals surface area (Å²) >= 11 is 0. The number of benzene rings is 2. The maximum atomic E-state index is 13.3. The second-order valence-corrected chi connectivity index (χ2v) is 9.60. The first-order valence-corrected chi connectivity index (χ1v) is 12.5. The lowest BCUT2D eigenvalue weighted by atomic mass is 10.00. The number of methoxy groups -OCH3 is 1. The summed E-state index contributed by atoms with van der Waals surface area (Å²) in [5.41, 5.74) is 1.93. The van der Waals surface area contributed by atoms with E-state index in [1.165, 1.54) is 0 Å². The molecule has 1 heterocycles. The van der Waals surface area contributed by atoms with Crippen LogP contribution < -0.4 is 10.1 Å². The van der Waals surface area contributed by atoms with Gasteiger partial charge in [-0.1, -0.05) is 32.0 Å². The van der Waals surface area contributed by atoms with Crippen molar-refractivity contribution in [3.63, 3.8) is 0 Å². The molecular formula is C28H37N3O6. The van der Waals surface area contributed by atoms with Crippen LogP contribution in [0.25, 0.3) is 0 Å². The SMILES string of the molecule is CCC(=O)Nc1ccc2c(c1)OC[C@H](C)N(Cc1ccccc1C(=O)O)C[C@H](C)[C@@H](OC)CN(C)C2=O. The third-order valence-electron chi connectivity index (χ3n) is 6.80. The molecule has 3 atom stereocenters. The lowest BCUT2D eigenvalue weighted by Gasteiger charge is -2.36. The van der Waals surface area contributed by atoms with Crippen LogP contribution in [0.1, 0.15) is 53.5 Å². The Labute approximate surface area is 218 Å². The first-order chi connectivity index (χ1) is 17.6. The van der Waals surface area contributed by atoms with Crippen LogP contribution in [0.4, 0.5) is 5.69 Å².